The number of aryl methyl sites for hydroxylation is 1. The van der Waals surface area contributed by atoms with Crippen molar-refractivity contribution in [2.45, 2.75) is 109 Å². The van der Waals surface area contributed by atoms with Crippen LogP contribution in [0.4, 0.5) is 0 Å². The number of aromatic nitrogens is 3. The lowest BCUT2D eigenvalue weighted by Gasteiger charge is -2.51. The van der Waals surface area contributed by atoms with Crippen LogP contribution in [0.15, 0.2) is 11.0 Å². The minimum absolute atomic E-state index is 0.124. The first-order chi connectivity index (χ1) is 15.9. The van der Waals surface area contributed by atoms with Gasteiger partial charge < -0.3 is 27.7 Å². The Morgan fingerprint density at radius 2 is 1.59 bits per heavy atom. The van der Waals surface area contributed by atoms with E-state index < -0.39 is 17.1 Å². The van der Waals surface area contributed by atoms with Gasteiger partial charge in [-0.15, -0.1) is 0 Å². The first kappa shape index (κ1) is 25.8. The lowest BCUT2D eigenvalue weighted by molar-refractivity contribution is -0.0383. The zero-order chi connectivity index (χ0) is 25.0. The summed E-state index contributed by atoms with van der Waals surface area (Å²) in [4.78, 5) is 22.8. The molecule has 0 bridgehead atoms. The van der Waals surface area contributed by atoms with Crippen molar-refractivity contribution in [3.05, 3.63) is 27.9 Å². The molecule has 2 saturated heterocycles. The van der Waals surface area contributed by atoms with Crippen molar-refractivity contribution >= 4 is 28.2 Å². The van der Waals surface area contributed by atoms with E-state index in [0.717, 1.165) is 5.56 Å². The molecule has 2 aliphatic heterocycles. The van der Waals surface area contributed by atoms with E-state index in [1.165, 1.54) is 0 Å². The topological polar surface area (TPSA) is 98.5 Å². The normalized spacial score (nSPS) is 27.0. The standard InChI is InChI=1S/C24H41N3O5Si2/c1-13(2)33(14(3)4)29-12-21-20(31-34(32-33,15(5)6)16(7)8)10-19(30-21)18-11-25-23-22(18)26-17(9)27-24(23)28/h11,13-16,19-21,25H,10,12H2,1-9H3,(H,26,27,28)/t19-,20?,21-/m1/s1. The molecule has 2 aliphatic rings. The molecule has 8 nitrogen and oxygen atoms in total. The predicted octanol–water partition coefficient (Wildman–Crippen LogP) is 5.35. The maximum absolute atomic E-state index is 12.4. The van der Waals surface area contributed by atoms with Crippen LogP contribution in [-0.4, -0.2) is 50.9 Å². The van der Waals surface area contributed by atoms with Crippen LogP contribution in [0.25, 0.3) is 11.0 Å². The Hall–Kier alpha value is -1.31. The van der Waals surface area contributed by atoms with Gasteiger partial charge in [0.2, 0.25) is 0 Å². The van der Waals surface area contributed by atoms with Gasteiger partial charge >= 0.3 is 17.1 Å². The van der Waals surface area contributed by atoms with Gasteiger partial charge in [-0.3, -0.25) is 4.79 Å². The Balaban J connectivity index is 1.74. The molecule has 10 heteroatoms. The van der Waals surface area contributed by atoms with Crippen LogP contribution >= 0.6 is 0 Å². The fourth-order valence-corrected chi connectivity index (χ4v) is 17.0. The van der Waals surface area contributed by atoms with Gasteiger partial charge in [-0.1, -0.05) is 55.4 Å². The number of hydrogen-bond acceptors (Lipinski definition) is 6. The number of rotatable bonds is 5. The summed E-state index contributed by atoms with van der Waals surface area (Å²) in [5.74, 6) is 0.589. The van der Waals surface area contributed by atoms with E-state index in [9.17, 15) is 4.79 Å². The molecule has 1 unspecified atom stereocenters. The van der Waals surface area contributed by atoms with E-state index in [-0.39, 0.29) is 35.0 Å². The van der Waals surface area contributed by atoms with Crippen LogP contribution in [-0.2, 0) is 17.7 Å². The van der Waals surface area contributed by atoms with Crippen LogP contribution in [0.2, 0.25) is 22.2 Å². The first-order valence-electron chi connectivity index (χ1n) is 12.7. The van der Waals surface area contributed by atoms with Gasteiger partial charge in [-0.2, -0.15) is 0 Å². The highest BCUT2D eigenvalue weighted by Crippen LogP contribution is 2.49. The molecule has 4 rings (SSSR count). The number of nitrogens with one attached hydrogen (secondary N) is 2. The number of fused-ring (bicyclic) bond motifs is 2. The third-order valence-corrected chi connectivity index (χ3v) is 17.9. The molecule has 2 N–H and O–H groups in total. The largest absolute Gasteiger partial charge is 0.414 e. The maximum atomic E-state index is 12.4. The summed E-state index contributed by atoms with van der Waals surface area (Å²) in [7, 11) is -5.27. The van der Waals surface area contributed by atoms with Crippen LogP contribution in [0.3, 0.4) is 0 Å². The van der Waals surface area contributed by atoms with Crippen LogP contribution in [0.1, 0.15) is 79.3 Å². The zero-order valence-electron chi connectivity index (χ0n) is 22.0. The van der Waals surface area contributed by atoms with Crippen molar-refractivity contribution in [2.24, 2.45) is 0 Å². The van der Waals surface area contributed by atoms with Gasteiger partial charge in [0.05, 0.1) is 18.8 Å². The molecule has 3 atom stereocenters. The lowest BCUT2D eigenvalue weighted by Crippen LogP contribution is -2.65. The van der Waals surface area contributed by atoms with Gasteiger partial charge in [0.15, 0.2) is 0 Å². The van der Waals surface area contributed by atoms with Crippen molar-refractivity contribution in [3.8, 4) is 0 Å². The predicted molar refractivity (Wildman–Crippen MR) is 137 cm³/mol. The molecule has 2 fully saturated rings. The highest BCUT2D eigenvalue weighted by Gasteiger charge is 2.60. The van der Waals surface area contributed by atoms with E-state index in [0.29, 0.717) is 41.0 Å². The molecular weight excluding hydrogens is 466 g/mol. The summed E-state index contributed by atoms with van der Waals surface area (Å²) in [5.41, 5.74) is 3.02. The SMILES string of the molecule is Cc1nc2c([C@H]3CC4O[Si](C(C)C)(C(C)C)O[Si](C(C)C)(C(C)C)OC[C@H]4O3)c[nH]c2c(=O)[nH]1. The summed E-state index contributed by atoms with van der Waals surface area (Å²) in [6.45, 7) is 20.1. The highest BCUT2D eigenvalue weighted by atomic mass is 28.5. The number of hydrogen-bond donors (Lipinski definition) is 2. The van der Waals surface area contributed by atoms with Gasteiger partial charge in [0.1, 0.15) is 23.0 Å². The van der Waals surface area contributed by atoms with Crippen molar-refractivity contribution in [1.82, 2.24) is 15.0 Å². The van der Waals surface area contributed by atoms with Crippen LogP contribution in [0.5, 0.6) is 0 Å². The van der Waals surface area contributed by atoms with E-state index in [1.807, 2.05) is 6.20 Å². The number of H-pyrrole nitrogens is 2. The summed E-state index contributed by atoms with van der Waals surface area (Å²) in [6.07, 6.45) is 2.00. The first-order valence-corrected chi connectivity index (χ1v) is 16.6. The van der Waals surface area contributed by atoms with Gasteiger partial charge in [-0.05, 0) is 29.1 Å². The van der Waals surface area contributed by atoms with Crippen molar-refractivity contribution < 1.29 is 17.7 Å². The Labute approximate surface area is 204 Å². The van der Waals surface area contributed by atoms with E-state index >= 15 is 0 Å². The van der Waals surface area contributed by atoms with Crippen molar-refractivity contribution in [2.75, 3.05) is 6.61 Å². The molecule has 0 spiro atoms. The second-order valence-corrected chi connectivity index (χ2v) is 20.0. The number of nitrogens with zero attached hydrogens (tertiary/aromatic N) is 1. The molecule has 0 saturated carbocycles. The lowest BCUT2D eigenvalue weighted by atomic mass is 10.1. The van der Waals surface area contributed by atoms with Crippen LogP contribution < -0.4 is 5.56 Å². The minimum Gasteiger partial charge on any atom is -0.414 e. The van der Waals surface area contributed by atoms with E-state index in [2.05, 4.69) is 70.3 Å². The molecule has 2 aromatic rings. The third-order valence-electron chi connectivity index (χ3n) is 7.58. The monoisotopic (exact) mass is 507 g/mol. The quantitative estimate of drug-likeness (QED) is 0.530. The molecule has 0 aliphatic carbocycles. The van der Waals surface area contributed by atoms with E-state index in [4.69, 9.17) is 17.7 Å². The molecule has 2 aromatic heterocycles. The second kappa shape index (κ2) is 9.29. The number of aromatic amines is 2. The Morgan fingerprint density at radius 3 is 2.18 bits per heavy atom. The fraction of sp³-hybridized carbons (Fsp3) is 0.750. The van der Waals surface area contributed by atoms with Crippen molar-refractivity contribution in [1.29, 1.82) is 0 Å². The molecule has 0 amide bonds. The van der Waals surface area contributed by atoms with Gasteiger partial charge in [0, 0.05) is 18.2 Å². The summed E-state index contributed by atoms with van der Waals surface area (Å²) < 4.78 is 27.8. The van der Waals surface area contributed by atoms with Gasteiger partial charge in [-0.25, -0.2) is 4.98 Å². The Bertz CT molecular complexity index is 1060. The minimum atomic E-state index is -2.67. The second-order valence-electron chi connectivity index (χ2n) is 11.1. The summed E-state index contributed by atoms with van der Waals surface area (Å²) in [6, 6.07) is 0. The highest BCUT2D eigenvalue weighted by molar-refractivity contribution is 6.83. The fourth-order valence-electron chi connectivity index (χ4n) is 5.74. The zero-order valence-corrected chi connectivity index (χ0v) is 24.0. The summed E-state index contributed by atoms with van der Waals surface area (Å²) in [5, 5.41) is 0. The summed E-state index contributed by atoms with van der Waals surface area (Å²) >= 11 is 0. The Kier molecular flexibility index (Phi) is 7.04. The maximum Gasteiger partial charge on any atom is 0.335 e. The van der Waals surface area contributed by atoms with Gasteiger partial charge in [0.25, 0.3) is 5.56 Å². The smallest absolute Gasteiger partial charge is 0.335 e. The van der Waals surface area contributed by atoms with Crippen molar-refractivity contribution in [3.63, 3.8) is 0 Å². The Morgan fingerprint density at radius 1 is 0.971 bits per heavy atom. The molecule has 190 valence electrons. The average Bonchev–Trinajstić information content (AvgIpc) is 3.31. The molecule has 4 heterocycles. The molecule has 0 radical (unpaired) electrons. The third kappa shape index (κ3) is 4.16. The average molecular weight is 508 g/mol. The number of ether oxygens (including phenoxy) is 1. The van der Waals surface area contributed by atoms with E-state index in [1.54, 1.807) is 6.92 Å². The molecular formula is C24H41N3O5Si2. The van der Waals surface area contributed by atoms with Crippen LogP contribution in [0, 0.1) is 6.92 Å². The molecule has 34 heavy (non-hydrogen) atoms. The molecule has 0 aromatic carbocycles.